The van der Waals surface area contributed by atoms with Gasteiger partial charge in [0.15, 0.2) is 11.2 Å². The number of nitrogens with zero attached hydrogens (tertiary/aromatic N) is 2. The third kappa shape index (κ3) is 6.61. The van der Waals surface area contributed by atoms with Crippen molar-refractivity contribution in [3.05, 3.63) is 276 Å². The van der Waals surface area contributed by atoms with Crippen molar-refractivity contribution in [1.82, 2.24) is 0 Å². The molecule has 0 bridgehead atoms. The van der Waals surface area contributed by atoms with Crippen LogP contribution in [0.1, 0.15) is 72.9 Å². The van der Waals surface area contributed by atoms with Gasteiger partial charge in [0.1, 0.15) is 11.2 Å². The largest absolute Gasteiger partial charge is 0.454 e. The molecule has 376 valence electrons. The summed E-state index contributed by atoms with van der Waals surface area (Å²) in [7, 11) is 0. The lowest BCUT2D eigenvalue weighted by molar-refractivity contribution is 0.668. The minimum atomic E-state index is -0.596. The van der Waals surface area contributed by atoms with Crippen LogP contribution in [0.4, 0.5) is 34.1 Å². The summed E-state index contributed by atoms with van der Waals surface area (Å²) in [6.45, 7) is 9.01. The third-order valence-corrected chi connectivity index (χ3v) is 17.4. The molecule has 0 N–H and O–H groups in total. The first kappa shape index (κ1) is 45.5. The molecule has 14 aromatic rings. The molecule has 12 aromatic carbocycles. The van der Waals surface area contributed by atoms with E-state index in [1.165, 1.54) is 77.2 Å². The van der Waals surface area contributed by atoms with Gasteiger partial charge in [-0.3, -0.25) is 0 Å². The molecular formula is C75H54N2O2. The van der Waals surface area contributed by atoms with E-state index < -0.39 is 5.41 Å². The molecule has 4 nitrogen and oxygen atoms in total. The Morgan fingerprint density at radius 3 is 1.34 bits per heavy atom. The Hall–Kier alpha value is -9.64. The number of rotatable bonds is 8. The van der Waals surface area contributed by atoms with Crippen molar-refractivity contribution in [3.63, 3.8) is 0 Å². The molecule has 2 heterocycles. The van der Waals surface area contributed by atoms with Crippen LogP contribution in [0.15, 0.2) is 251 Å². The third-order valence-electron chi connectivity index (χ3n) is 17.4. The maximum absolute atomic E-state index is 6.78. The van der Waals surface area contributed by atoms with Crippen LogP contribution in [0.3, 0.4) is 0 Å². The van der Waals surface area contributed by atoms with Crippen LogP contribution in [0, 0.1) is 0 Å². The quantitative estimate of drug-likeness (QED) is 0.152. The molecule has 1 spiro atoms. The molecule has 0 saturated carbocycles. The first-order chi connectivity index (χ1) is 38.8. The average Bonchev–Trinajstić information content (AvgIpc) is 4.03. The Morgan fingerprint density at radius 1 is 0.316 bits per heavy atom. The Morgan fingerprint density at radius 2 is 0.785 bits per heavy atom. The van der Waals surface area contributed by atoms with Gasteiger partial charge in [-0.15, -0.1) is 0 Å². The minimum Gasteiger partial charge on any atom is -0.454 e. The molecule has 0 saturated heterocycles. The fourth-order valence-corrected chi connectivity index (χ4v) is 13.7. The fourth-order valence-electron chi connectivity index (χ4n) is 13.7. The van der Waals surface area contributed by atoms with Crippen molar-refractivity contribution in [3.8, 4) is 22.3 Å². The Bertz CT molecular complexity index is 4760. The second kappa shape index (κ2) is 17.2. The zero-order valence-electron chi connectivity index (χ0n) is 44.5. The topological polar surface area (TPSA) is 32.8 Å². The van der Waals surface area contributed by atoms with Gasteiger partial charge in [-0.05, 0) is 174 Å². The summed E-state index contributed by atoms with van der Waals surface area (Å²) in [6.07, 6.45) is 0. The zero-order valence-corrected chi connectivity index (χ0v) is 44.5. The highest BCUT2D eigenvalue weighted by molar-refractivity contribution is 6.13. The second-order valence-corrected chi connectivity index (χ2v) is 22.3. The molecule has 4 heteroatoms. The second-order valence-electron chi connectivity index (χ2n) is 22.3. The minimum absolute atomic E-state index is 0.414. The standard InChI is InChI=1S/C75H54N2O2/c1-45(2)47-27-33-52(34-28-47)76(68-23-13-19-62-59-17-7-11-25-70(59)78-73(62)68)54-37-31-49-43-64-61-39-32-50-41-55(77(53-35-29-48(30-36-53)46(3)4)69-24-14-20-63-60-18-8-12-26-71(60)79-74(63)69)38-40-56(50)72(61)75(67(64)44-51(49)42-54)65-21-9-5-15-57(65)58-16-6-10-22-66(58)75/h5-46H,1-4H3. The summed E-state index contributed by atoms with van der Waals surface area (Å²) in [5, 5.41) is 9.21. The van der Waals surface area contributed by atoms with Crippen LogP contribution >= 0.6 is 0 Å². The van der Waals surface area contributed by atoms with Gasteiger partial charge in [0.2, 0.25) is 0 Å². The normalized spacial score (nSPS) is 13.1. The van der Waals surface area contributed by atoms with E-state index in [2.05, 4.69) is 268 Å². The maximum Gasteiger partial charge on any atom is 0.159 e. The molecule has 0 fully saturated rings. The van der Waals surface area contributed by atoms with Crippen molar-refractivity contribution in [1.29, 1.82) is 0 Å². The van der Waals surface area contributed by atoms with Crippen LogP contribution in [-0.2, 0) is 5.41 Å². The van der Waals surface area contributed by atoms with E-state index >= 15 is 0 Å². The summed E-state index contributed by atoms with van der Waals surface area (Å²) in [4.78, 5) is 4.76. The lowest BCUT2D eigenvalue weighted by atomic mass is 9.69. The molecule has 0 aliphatic heterocycles. The Balaban J connectivity index is 0.915. The van der Waals surface area contributed by atoms with Gasteiger partial charge in [-0.2, -0.15) is 0 Å². The number of anilines is 6. The first-order valence-corrected chi connectivity index (χ1v) is 27.8. The molecule has 0 unspecified atom stereocenters. The smallest absolute Gasteiger partial charge is 0.159 e. The van der Waals surface area contributed by atoms with E-state index in [-0.39, 0.29) is 0 Å². The van der Waals surface area contributed by atoms with E-state index in [4.69, 9.17) is 8.83 Å². The van der Waals surface area contributed by atoms with Crippen LogP contribution in [0.2, 0.25) is 0 Å². The van der Waals surface area contributed by atoms with Crippen LogP contribution in [0.5, 0.6) is 0 Å². The Labute approximate surface area is 459 Å². The molecule has 0 amide bonds. The number of furan rings is 2. The summed E-state index contributed by atoms with van der Waals surface area (Å²) in [6, 6.07) is 90.1. The van der Waals surface area contributed by atoms with Gasteiger partial charge in [-0.1, -0.05) is 185 Å². The monoisotopic (exact) mass is 1010 g/mol. The summed E-state index contributed by atoms with van der Waals surface area (Å²) < 4.78 is 13.5. The van der Waals surface area contributed by atoms with E-state index in [1.807, 2.05) is 12.1 Å². The summed E-state index contributed by atoms with van der Waals surface area (Å²) in [5.74, 6) is 0.828. The number of fused-ring (bicyclic) bond motifs is 19. The number of hydrogen-bond donors (Lipinski definition) is 0. The van der Waals surface area contributed by atoms with Gasteiger partial charge in [0.25, 0.3) is 0 Å². The molecular weight excluding hydrogens is 961 g/mol. The van der Waals surface area contributed by atoms with Gasteiger partial charge < -0.3 is 18.6 Å². The maximum atomic E-state index is 6.78. The van der Waals surface area contributed by atoms with E-state index in [9.17, 15) is 0 Å². The van der Waals surface area contributed by atoms with E-state index in [0.717, 1.165) is 78.0 Å². The lowest BCUT2D eigenvalue weighted by Crippen LogP contribution is -2.26. The number of hydrogen-bond acceptors (Lipinski definition) is 4. The zero-order chi connectivity index (χ0) is 52.7. The molecule has 0 radical (unpaired) electrons. The number of para-hydroxylation sites is 4. The summed E-state index contributed by atoms with van der Waals surface area (Å²) >= 11 is 0. The van der Waals surface area contributed by atoms with Crippen molar-refractivity contribution >= 4 is 99.5 Å². The van der Waals surface area contributed by atoms with E-state index in [1.54, 1.807) is 0 Å². The highest BCUT2D eigenvalue weighted by Gasteiger charge is 2.52. The van der Waals surface area contributed by atoms with Crippen LogP contribution in [-0.4, -0.2) is 0 Å². The summed E-state index contributed by atoms with van der Waals surface area (Å²) in [5.41, 5.74) is 22.2. The van der Waals surface area contributed by atoms with Gasteiger partial charge in [0.05, 0.1) is 16.8 Å². The first-order valence-electron chi connectivity index (χ1n) is 27.8. The van der Waals surface area contributed by atoms with Crippen LogP contribution < -0.4 is 9.80 Å². The molecule has 0 atom stereocenters. The molecule has 2 aromatic heterocycles. The lowest BCUT2D eigenvalue weighted by Gasteiger charge is -2.32. The van der Waals surface area contributed by atoms with Crippen molar-refractivity contribution in [2.45, 2.75) is 44.9 Å². The van der Waals surface area contributed by atoms with Crippen molar-refractivity contribution in [2.75, 3.05) is 9.80 Å². The molecule has 16 rings (SSSR count). The fraction of sp³-hybridized carbons (Fsp3) is 0.0933. The predicted molar refractivity (Wildman–Crippen MR) is 330 cm³/mol. The van der Waals surface area contributed by atoms with Gasteiger partial charge in [-0.25, -0.2) is 0 Å². The molecule has 79 heavy (non-hydrogen) atoms. The van der Waals surface area contributed by atoms with Gasteiger partial charge in [0, 0.05) is 44.3 Å². The van der Waals surface area contributed by atoms with Crippen molar-refractivity contribution < 1.29 is 8.83 Å². The average molecular weight is 1020 g/mol. The van der Waals surface area contributed by atoms with Crippen molar-refractivity contribution in [2.24, 2.45) is 0 Å². The van der Waals surface area contributed by atoms with Gasteiger partial charge >= 0.3 is 0 Å². The predicted octanol–water partition coefficient (Wildman–Crippen LogP) is 21.3. The molecule has 2 aliphatic rings. The Kier molecular flexibility index (Phi) is 9.91. The highest BCUT2D eigenvalue weighted by atomic mass is 16.3. The SMILES string of the molecule is CC(C)c1ccc(N(c2ccc3cc4c(cc3c2)C2(c3ccccc3-c3ccccc32)c2c-4ccc3cc(N(c4ccc(C(C)C)cc4)c4cccc5c4oc4ccccc45)ccc23)c2cccc3c2oc2ccccc23)cc1. The highest BCUT2D eigenvalue weighted by Crippen LogP contribution is 2.65. The van der Waals surface area contributed by atoms with E-state index in [0.29, 0.717) is 11.8 Å². The molecule has 2 aliphatic carbocycles. The number of benzene rings is 12. The van der Waals surface area contributed by atoms with Crippen LogP contribution in [0.25, 0.3) is 87.7 Å².